The number of nitrogens with one attached hydrogen (secondary N) is 1. The topological polar surface area (TPSA) is 33.7 Å². The highest BCUT2D eigenvalue weighted by molar-refractivity contribution is 5.61. The number of nitrogens with zero attached hydrogens (tertiary/aromatic N) is 1. The normalized spacial score (nSPS) is 19.2. The van der Waals surface area contributed by atoms with Crippen molar-refractivity contribution in [2.75, 3.05) is 37.7 Å². The lowest BCUT2D eigenvalue weighted by atomic mass is 10.1. The van der Waals surface area contributed by atoms with Crippen LogP contribution in [0.15, 0.2) is 18.2 Å². The van der Waals surface area contributed by atoms with Crippen molar-refractivity contribution in [2.45, 2.75) is 39.7 Å². The summed E-state index contributed by atoms with van der Waals surface area (Å²) in [5, 5.41) is 3.61. The summed E-state index contributed by atoms with van der Waals surface area (Å²) in [6.45, 7) is 10.7. The van der Waals surface area contributed by atoms with E-state index in [1.807, 2.05) is 26.0 Å². The molecule has 4 heteroatoms. The third-order valence-corrected chi connectivity index (χ3v) is 3.94. The van der Waals surface area contributed by atoms with Crippen molar-refractivity contribution in [2.24, 2.45) is 0 Å². The second-order valence-corrected chi connectivity index (χ2v) is 5.33. The Kier molecular flexibility index (Phi) is 6.18. The summed E-state index contributed by atoms with van der Waals surface area (Å²) in [4.78, 5) is 2.41. The van der Waals surface area contributed by atoms with Crippen LogP contribution < -0.4 is 19.7 Å². The molecule has 1 heterocycles. The van der Waals surface area contributed by atoms with E-state index in [0.717, 1.165) is 36.8 Å². The van der Waals surface area contributed by atoms with Gasteiger partial charge in [0.1, 0.15) is 11.5 Å². The molecule has 21 heavy (non-hydrogen) atoms. The Morgan fingerprint density at radius 1 is 1.14 bits per heavy atom. The van der Waals surface area contributed by atoms with Crippen molar-refractivity contribution in [1.82, 2.24) is 5.32 Å². The van der Waals surface area contributed by atoms with Gasteiger partial charge in [-0.25, -0.2) is 0 Å². The van der Waals surface area contributed by atoms with E-state index in [9.17, 15) is 0 Å². The van der Waals surface area contributed by atoms with Crippen molar-refractivity contribution in [1.29, 1.82) is 0 Å². The van der Waals surface area contributed by atoms with Gasteiger partial charge in [-0.05, 0) is 38.8 Å². The average molecular weight is 292 g/mol. The molecule has 0 radical (unpaired) electrons. The zero-order valence-corrected chi connectivity index (χ0v) is 13.5. The Balaban J connectivity index is 2.20. The number of hydrogen-bond donors (Lipinski definition) is 1. The predicted octanol–water partition coefficient (Wildman–Crippen LogP) is 3.06. The molecule has 0 aliphatic carbocycles. The Bertz CT molecular complexity index is 437. The third kappa shape index (κ3) is 4.27. The van der Waals surface area contributed by atoms with E-state index >= 15 is 0 Å². The fourth-order valence-corrected chi connectivity index (χ4v) is 2.80. The monoisotopic (exact) mass is 292 g/mol. The minimum Gasteiger partial charge on any atom is -0.494 e. The van der Waals surface area contributed by atoms with Gasteiger partial charge in [-0.1, -0.05) is 6.92 Å². The van der Waals surface area contributed by atoms with E-state index in [4.69, 9.17) is 9.47 Å². The first-order valence-corrected chi connectivity index (χ1v) is 8.16. The summed E-state index contributed by atoms with van der Waals surface area (Å²) >= 11 is 0. The van der Waals surface area contributed by atoms with E-state index in [1.54, 1.807) is 0 Å². The maximum atomic E-state index is 5.80. The number of ether oxygens (including phenoxy) is 2. The molecule has 0 bridgehead atoms. The van der Waals surface area contributed by atoms with Gasteiger partial charge in [0.2, 0.25) is 0 Å². The maximum absolute atomic E-state index is 5.80. The zero-order valence-electron chi connectivity index (χ0n) is 13.5. The van der Waals surface area contributed by atoms with Gasteiger partial charge in [0.05, 0.1) is 18.9 Å². The molecule has 118 valence electrons. The average Bonchev–Trinajstić information content (AvgIpc) is 2.74. The molecule has 4 nitrogen and oxygen atoms in total. The van der Waals surface area contributed by atoms with E-state index in [2.05, 4.69) is 23.2 Å². The Morgan fingerprint density at radius 3 is 2.67 bits per heavy atom. The molecule has 1 aliphatic heterocycles. The first kappa shape index (κ1) is 16.0. The lowest BCUT2D eigenvalue weighted by Crippen LogP contribution is -2.30. The van der Waals surface area contributed by atoms with E-state index < -0.39 is 0 Å². The van der Waals surface area contributed by atoms with Crippen LogP contribution in [-0.2, 0) is 0 Å². The summed E-state index contributed by atoms with van der Waals surface area (Å²) < 4.78 is 11.4. The molecule has 0 saturated carbocycles. The van der Waals surface area contributed by atoms with Crippen LogP contribution in [0.1, 0.15) is 33.6 Å². The van der Waals surface area contributed by atoms with Crippen LogP contribution in [0.2, 0.25) is 0 Å². The van der Waals surface area contributed by atoms with Crippen LogP contribution in [0.5, 0.6) is 11.5 Å². The van der Waals surface area contributed by atoms with Crippen molar-refractivity contribution >= 4 is 5.69 Å². The molecule has 1 unspecified atom stereocenters. The second kappa shape index (κ2) is 8.13. The summed E-state index contributed by atoms with van der Waals surface area (Å²) in [5.74, 6) is 1.87. The van der Waals surface area contributed by atoms with Gasteiger partial charge in [-0.3, -0.25) is 0 Å². The Hall–Kier alpha value is -1.42. The van der Waals surface area contributed by atoms with Gasteiger partial charge in [0.25, 0.3) is 0 Å². The predicted molar refractivity (Wildman–Crippen MR) is 87.7 cm³/mol. The highest BCUT2D eigenvalue weighted by atomic mass is 16.5. The number of rotatable bonds is 6. The first-order chi connectivity index (χ1) is 10.3. The van der Waals surface area contributed by atoms with Crippen LogP contribution in [0.4, 0.5) is 5.69 Å². The largest absolute Gasteiger partial charge is 0.494 e. The highest BCUT2D eigenvalue weighted by Crippen LogP contribution is 2.33. The third-order valence-electron chi connectivity index (χ3n) is 3.94. The molecule has 0 amide bonds. The summed E-state index contributed by atoms with van der Waals surface area (Å²) in [6, 6.07) is 6.75. The lowest BCUT2D eigenvalue weighted by Gasteiger charge is -2.25. The fraction of sp³-hybridized carbons (Fsp3) is 0.647. The van der Waals surface area contributed by atoms with E-state index in [-0.39, 0.29) is 0 Å². The molecule has 2 rings (SSSR count). The number of anilines is 1. The van der Waals surface area contributed by atoms with Crippen molar-refractivity contribution < 1.29 is 9.47 Å². The summed E-state index contributed by atoms with van der Waals surface area (Å²) in [6.07, 6.45) is 2.35. The quantitative estimate of drug-likeness (QED) is 0.873. The minimum absolute atomic E-state index is 0.626. The molecule has 1 fully saturated rings. The van der Waals surface area contributed by atoms with Gasteiger partial charge in [0.15, 0.2) is 0 Å². The highest BCUT2D eigenvalue weighted by Gasteiger charge is 2.18. The first-order valence-electron chi connectivity index (χ1n) is 8.16. The molecule has 1 atom stereocenters. The zero-order chi connectivity index (χ0) is 15.1. The van der Waals surface area contributed by atoms with Crippen molar-refractivity contribution in [3.05, 3.63) is 18.2 Å². The van der Waals surface area contributed by atoms with Crippen LogP contribution in [-0.4, -0.2) is 38.9 Å². The Labute approximate surface area is 128 Å². The Morgan fingerprint density at radius 2 is 1.95 bits per heavy atom. The molecule has 1 N–H and O–H groups in total. The molecule has 0 aromatic heterocycles. The van der Waals surface area contributed by atoms with Gasteiger partial charge in [0, 0.05) is 31.7 Å². The molecular formula is C17H28N2O2. The van der Waals surface area contributed by atoms with Crippen LogP contribution in [0.3, 0.4) is 0 Å². The second-order valence-electron chi connectivity index (χ2n) is 5.33. The SMILES string of the molecule is CCOc1ccc(OCC)c(N2CCNC(CC)CC2)c1. The smallest absolute Gasteiger partial charge is 0.142 e. The van der Waals surface area contributed by atoms with Gasteiger partial charge >= 0.3 is 0 Å². The van der Waals surface area contributed by atoms with Gasteiger partial charge < -0.3 is 19.7 Å². The maximum Gasteiger partial charge on any atom is 0.142 e. The molecule has 1 aliphatic rings. The van der Waals surface area contributed by atoms with Crippen LogP contribution in [0.25, 0.3) is 0 Å². The molecule has 0 spiro atoms. The molecule has 1 aromatic carbocycles. The van der Waals surface area contributed by atoms with E-state index in [0.29, 0.717) is 19.3 Å². The number of hydrogen-bond acceptors (Lipinski definition) is 4. The molecule has 1 aromatic rings. The van der Waals surface area contributed by atoms with Gasteiger partial charge in [-0.15, -0.1) is 0 Å². The number of benzene rings is 1. The van der Waals surface area contributed by atoms with Crippen LogP contribution in [0, 0.1) is 0 Å². The standard InChI is InChI=1S/C17H28N2O2/c1-4-14-9-11-19(12-10-18-14)16-13-15(20-5-2)7-8-17(16)21-6-3/h7-8,13-14,18H,4-6,9-12H2,1-3H3. The summed E-state index contributed by atoms with van der Waals surface area (Å²) in [5.41, 5.74) is 1.15. The van der Waals surface area contributed by atoms with Crippen LogP contribution >= 0.6 is 0 Å². The van der Waals surface area contributed by atoms with Crippen molar-refractivity contribution in [3.63, 3.8) is 0 Å². The van der Waals surface area contributed by atoms with E-state index in [1.165, 1.54) is 12.8 Å². The minimum atomic E-state index is 0.626. The lowest BCUT2D eigenvalue weighted by molar-refractivity contribution is 0.330. The molecular weight excluding hydrogens is 264 g/mol. The fourth-order valence-electron chi connectivity index (χ4n) is 2.80. The van der Waals surface area contributed by atoms with Crippen molar-refractivity contribution in [3.8, 4) is 11.5 Å². The van der Waals surface area contributed by atoms with Gasteiger partial charge in [-0.2, -0.15) is 0 Å². The summed E-state index contributed by atoms with van der Waals surface area (Å²) in [7, 11) is 0. The molecule has 1 saturated heterocycles.